The van der Waals surface area contributed by atoms with Gasteiger partial charge in [0.05, 0.1) is 23.4 Å². The molecule has 0 saturated carbocycles. The number of sulfonamides is 2. The molecule has 0 fully saturated rings. The van der Waals surface area contributed by atoms with Crippen LogP contribution < -0.4 is 15.2 Å². The second-order valence-corrected chi connectivity index (χ2v) is 8.90. The number of benzene rings is 1. The van der Waals surface area contributed by atoms with Gasteiger partial charge in [-0.2, -0.15) is 0 Å². The van der Waals surface area contributed by atoms with E-state index in [0.29, 0.717) is 16.8 Å². The Morgan fingerprint density at radius 2 is 1.73 bits per heavy atom. The molecule has 2 rings (SSSR count). The number of hydrogen-bond donors (Lipinski definition) is 3. The Morgan fingerprint density at radius 3 is 2.31 bits per heavy atom. The van der Waals surface area contributed by atoms with Crippen molar-refractivity contribution in [3.8, 4) is 0 Å². The number of carbonyl (C=O) groups excluding carboxylic acids is 1. The number of nitrogens with two attached hydrogens (primary N) is 1. The number of aromatic nitrogens is 1. The molecule has 0 aliphatic rings. The minimum absolute atomic E-state index is 0.00951. The molecule has 0 saturated heterocycles. The van der Waals surface area contributed by atoms with E-state index in [1.807, 2.05) is 0 Å². The molecule has 1 amide bonds. The summed E-state index contributed by atoms with van der Waals surface area (Å²) in [5.41, 5.74) is 1.42. The summed E-state index contributed by atoms with van der Waals surface area (Å²) in [6.07, 6.45) is 2.44. The third-order valence-corrected chi connectivity index (χ3v) is 4.90. The fourth-order valence-electron chi connectivity index (χ4n) is 2.00. The van der Waals surface area contributed by atoms with Crippen LogP contribution in [0.3, 0.4) is 0 Å². The zero-order valence-corrected chi connectivity index (χ0v) is 15.5. The van der Waals surface area contributed by atoms with Crippen LogP contribution in [0, 0.1) is 0 Å². The summed E-state index contributed by atoms with van der Waals surface area (Å²) in [4.78, 5) is 16.2. The van der Waals surface area contributed by atoms with Crippen molar-refractivity contribution >= 4 is 26.0 Å². The van der Waals surface area contributed by atoms with E-state index in [9.17, 15) is 21.6 Å². The number of carbonyl (C=O) groups is 1. The van der Waals surface area contributed by atoms with Gasteiger partial charge < -0.3 is 5.32 Å². The molecule has 26 heavy (non-hydrogen) atoms. The van der Waals surface area contributed by atoms with Gasteiger partial charge in [-0.1, -0.05) is 12.1 Å². The highest BCUT2D eigenvalue weighted by molar-refractivity contribution is 7.89. The van der Waals surface area contributed by atoms with Crippen molar-refractivity contribution in [1.29, 1.82) is 0 Å². The average molecular weight is 398 g/mol. The van der Waals surface area contributed by atoms with Gasteiger partial charge in [0.15, 0.2) is 0 Å². The van der Waals surface area contributed by atoms with Crippen molar-refractivity contribution in [3.05, 3.63) is 59.4 Å². The molecule has 0 aliphatic carbocycles. The maximum atomic E-state index is 12.2. The number of nitrogens with one attached hydrogen (secondary N) is 2. The molecule has 0 atom stereocenters. The van der Waals surface area contributed by atoms with Crippen molar-refractivity contribution in [2.24, 2.45) is 5.14 Å². The summed E-state index contributed by atoms with van der Waals surface area (Å²) < 4.78 is 46.9. The van der Waals surface area contributed by atoms with Gasteiger partial charge in [-0.25, -0.2) is 26.7 Å². The average Bonchev–Trinajstić information content (AvgIpc) is 2.57. The van der Waals surface area contributed by atoms with Crippen LogP contribution in [0.5, 0.6) is 0 Å². The fourth-order valence-corrected chi connectivity index (χ4v) is 2.93. The van der Waals surface area contributed by atoms with E-state index >= 15 is 0 Å². The van der Waals surface area contributed by atoms with E-state index in [0.717, 1.165) is 6.26 Å². The molecule has 9 nitrogen and oxygen atoms in total. The van der Waals surface area contributed by atoms with Crippen molar-refractivity contribution in [2.75, 3.05) is 6.26 Å². The van der Waals surface area contributed by atoms with Crippen molar-refractivity contribution in [1.82, 2.24) is 15.0 Å². The summed E-state index contributed by atoms with van der Waals surface area (Å²) in [7, 11) is -7.12. The van der Waals surface area contributed by atoms with Crippen LogP contribution in [0.4, 0.5) is 0 Å². The van der Waals surface area contributed by atoms with Crippen LogP contribution >= 0.6 is 0 Å². The van der Waals surface area contributed by atoms with Crippen LogP contribution in [0.25, 0.3) is 0 Å². The van der Waals surface area contributed by atoms with Gasteiger partial charge in [-0.05, 0) is 29.8 Å². The normalized spacial score (nSPS) is 11.9. The summed E-state index contributed by atoms with van der Waals surface area (Å²) in [6.45, 7) is 0.165. The Labute approximate surface area is 151 Å². The predicted octanol–water partition coefficient (Wildman–Crippen LogP) is -0.292. The van der Waals surface area contributed by atoms with Crippen LogP contribution in [0.15, 0.2) is 47.5 Å². The Kier molecular flexibility index (Phi) is 6.08. The van der Waals surface area contributed by atoms with Crippen molar-refractivity contribution in [2.45, 2.75) is 18.0 Å². The molecule has 1 aromatic carbocycles. The summed E-state index contributed by atoms with van der Waals surface area (Å²) in [5, 5.41) is 7.71. The molecule has 1 heterocycles. The minimum atomic E-state index is -3.76. The first-order valence-electron chi connectivity index (χ1n) is 7.34. The lowest BCUT2D eigenvalue weighted by atomic mass is 10.2. The van der Waals surface area contributed by atoms with Gasteiger partial charge in [0.25, 0.3) is 5.91 Å². The van der Waals surface area contributed by atoms with Crippen LogP contribution in [-0.2, 0) is 33.1 Å². The molecule has 140 valence electrons. The molecule has 1 aromatic heterocycles. The zero-order chi connectivity index (χ0) is 19.4. The zero-order valence-electron chi connectivity index (χ0n) is 13.8. The third-order valence-electron chi connectivity index (χ3n) is 3.30. The van der Waals surface area contributed by atoms with E-state index in [1.54, 1.807) is 12.1 Å². The van der Waals surface area contributed by atoms with Gasteiger partial charge in [0, 0.05) is 18.3 Å². The number of nitrogens with zero attached hydrogens (tertiary/aromatic N) is 1. The van der Waals surface area contributed by atoms with E-state index in [2.05, 4.69) is 15.0 Å². The smallest absolute Gasteiger partial charge is 0.251 e. The van der Waals surface area contributed by atoms with Crippen molar-refractivity contribution in [3.63, 3.8) is 0 Å². The standard InChI is InChI=1S/C15H18N4O5S2/c1-25(21,22)19-10-13-8-12(6-7-17-13)15(20)18-9-11-2-4-14(5-3-11)26(16,23)24/h2-8,19H,9-10H2,1H3,(H,18,20)(H2,16,23,24). The lowest BCUT2D eigenvalue weighted by molar-refractivity contribution is 0.0950. The highest BCUT2D eigenvalue weighted by Gasteiger charge is 2.10. The molecule has 0 unspecified atom stereocenters. The topological polar surface area (TPSA) is 148 Å². The van der Waals surface area contributed by atoms with Gasteiger partial charge in [0.1, 0.15) is 0 Å². The first-order chi connectivity index (χ1) is 12.0. The highest BCUT2D eigenvalue weighted by Crippen LogP contribution is 2.09. The third kappa shape index (κ3) is 6.19. The quantitative estimate of drug-likeness (QED) is 0.583. The number of hydrogen-bond acceptors (Lipinski definition) is 6. The maximum absolute atomic E-state index is 12.2. The van der Waals surface area contributed by atoms with Gasteiger partial charge >= 0.3 is 0 Å². The van der Waals surface area contributed by atoms with Gasteiger partial charge in [-0.3, -0.25) is 9.78 Å². The SMILES string of the molecule is CS(=O)(=O)NCc1cc(C(=O)NCc2ccc(S(N)(=O)=O)cc2)ccn1. The maximum Gasteiger partial charge on any atom is 0.251 e. The van der Waals surface area contributed by atoms with Crippen LogP contribution in [-0.4, -0.2) is 34.0 Å². The second-order valence-electron chi connectivity index (χ2n) is 5.50. The second kappa shape index (κ2) is 7.91. The molecule has 0 bridgehead atoms. The van der Waals surface area contributed by atoms with E-state index in [-0.39, 0.29) is 23.9 Å². The molecule has 0 spiro atoms. The molecule has 4 N–H and O–H groups in total. The Balaban J connectivity index is 1.99. The summed E-state index contributed by atoms with van der Waals surface area (Å²) in [5.74, 6) is -0.372. The van der Waals surface area contributed by atoms with Crippen molar-refractivity contribution < 1.29 is 21.6 Å². The fraction of sp³-hybridized carbons (Fsp3) is 0.200. The summed E-state index contributed by atoms with van der Waals surface area (Å²) >= 11 is 0. The predicted molar refractivity (Wildman–Crippen MR) is 94.9 cm³/mol. The number of amides is 1. The number of pyridine rings is 1. The molecule has 0 radical (unpaired) electrons. The Hall–Kier alpha value is -2.34. The lowest BCUT2D eigenvalue weighted by Gasteiger charge is -2.08. The molecular weight excluding hydrogens is 380 g/mol. The number of primary sulfonamides is 1. The first kappa shape index (κ1) is 20.0. The van der Waals surface area contributed by atoms with E-state index in [4.69, 9.17) is 5.14 Å². The Morgan fingerprint density at radius 1 is 1.08 bits per heavy atom. The Bertz CT molecular complexity index is 1000. The molecule has 11 heteroatoms. The largest absolute Gasteiger partial charge is 0.348 e. The molecule has 0 aliphatic heterocycles. The number of rotatable bonds is 7. The van der Waals surface area contributed by atoms with E-state index < -0.39 is 20.0 Å². The minimum Gasteiger partial charge on any atom is -0.348 e. The van der Waals surface area contributed by atoms with Gasteiger partial charge in [0.2, 0.25) is 20.0 Å². The first-order valence-corrected chi connectivity index (χ1v) is 10.8. The summed E-state index contributed by atoms with van der Waals surface area (Å²) in [6, 6.07) is 8.81. The molecule has 2 aromatic rings. The van der Waals surface area contributed by atoms with Crippen LogP contribution in [0.1, 0.15) is 21.6 Å². The van der Waals surface area contributed by atoms with E-state index in [1.165, 1.54) is 30.5 Å². The molecular formula is C15H18N4O5S2. The van der Waals surface area contributed by atoms with Gasteiger partial charge in [-0.15, -0.1) is 0 Å². The van der Waals surface area contributed by atoms with Crippen LogP contribution in [0.2, 0.25) is 0 Å². The lowest BCUT2D eigenvalue weighted by Crippen LogP contribution is -2.24. The highest BCUT2D eigenvalue weighted by atomic mass is 32.2. The monoisotopic (exact) mass is 398 g/mol.